The molecule has 1 aliphatic rings. The maximum Gasteiger partial charge on any atom is 2.00 e. The Kier molecular flexibility index (Phi) is 21.6. The number of benzene rings is 4. The van der Waals surface area contributed by atoms with E-state index in [1.807, 2.05) is 60.7 Å². The SMILES string of the molecule is CCCCCCC1=C(c2cccc(CCCC)c2)[N+](=[N-])C(c2cccc(CCCC)c2)=C1CCCC.[Ni+2].[c-]1ccccc1.[c-]1ccccc1. The monoisotopic (exact) mass is 696 g/mol. The molecule has 0 atom stereocenters. The predicted molar refractivity (Wildman–Crippen MR) is 206 cm³/mol. The van der Waals surface area contributed by atoms with Crippen LogP contribution in [-0.4, -0.2) is 4.70 Å². The van der Waals surface area contributed by atoms with Gasteiger partial charge in [0.25, 0.3) is 0 Å². The van der Waals surface area contributed by atoms with E-state index in [2.05, 4.69) is 88.4 Å². The summed E-state index contributed by atoms with van der Waals surface area (Å²) < 4.78 is 1.55. The molecule has 49 heavy (non-hydrogen) atoms. The third kappa shape index (κ3) is 14.5. The van der Waals surface area contributed by atoms with Crippen LogP contribution in [0.5, 0.6) is 0 Å². The Hall–Kier alpha value is -3.55. The van der Waals surface area contributed by atoms with Gasteiger partial charge in [-0.3, -0.25) is 0 Å². The van der Waals surface area contributed by atoms with Gasteiger partial charge < -0.3 is 5.53 Å². The summed E-state index contributed by atoms with van der Waals surface area (Å²) in [6.07, 6.45) is 16.3. The fourth-order valence-electron chi connectivity index (χ4n) is 6.06. The van der Waals surface area contributed by atoms with E-state index in [1.165, 1.54) is 73.6 Å². The van der Waals surface area contributed by atoms with Crippen LogP contribution in [-0.2, 0) is 29.3 Å². The predicted octanol–water partition coefficient (Wildman–Crippen LogP) is 13.7. The van der Waals surface area contributed by atoms with Crippen molar-refractivity contribution in [2.75, 3.05) is 0 Å². The molecule has 4 aromatic carbocycles. The standard InChI is InChI=1S/C34H48N2.2C6H5.Ni/c1-5-9-13-14-24-32-31(23-12-8-4)33(29-21-15-19-27(25-29)17-10-6-2)36(35)34(32)30-22-16-20-28(26-30)18-11-7-3;2*1-2-4-6-5-3-1;/h15-16,19-22,25-26H,5-14,17-18,23-24H2,1-4H3;2*1-5H;/q;2*-1;+2. The third-order valence-corrected chi connectivity index (χ3v) is 8.67. The van der Waals surface area contributed by atoms with Gasteiger partial charge in [-0.05, 0) is 86.8 Å². The van der Waals surface area contributed by atoms with Crippen molar-refractivity contribution in [1.82, 2.24) is 0 Å². The molecule has 3 heteroatoms. The Balaban J connectivity index is 0.000000534. The number of unbranched alkanes of at least 4 members (excludes halogenated alkanes) is 6. The first-order valence-electron chi connectivity index (χ1n) is 18.6. The van der Waals surface area contributed by atoms with Crippen molar-refractivity contribution >= 4 is 11.4 Å². The van der Waals surface area contributed by atoms with Gasteiger partial charge in [0.2, 0.25) is 11.4 Å². The van der Waals surface area contributed by atoms with E-state index in [0.29, 0.717) is 0 Å². The maximum absolute atomic E-state index is 11.8. The number of hydrogen-bond acceptors (Lipinski definition) is 0. The average Bonchev–Trinajstić information content (AvgIpc) is 3.43. The molecule has 0 saturated carbocycles. The fraction of sp³-hybridized carbons (Fsp3) is 0.391. The summed E-state index contributed by atoms with van der Waals surface area (Å²) in [4.78, 5) is 0. The molecule has 0 aliphatic carbocycles. The van der Waals surface area contributed by atoms with Crippen LogP contribution in [0, 0.1) is 12.1 Å². The first kappa shape index (κ1) is 41.6. The fourth-order valence-corrected chi connectivity index (χ4v) is 6.06. The van der Waals surface area contributed by atoms with Crippen molar-refractivity contribution in [3.05, 3.63) is 160 Å². The molecule has 0 bridgehead atoms. The minimum atomic E-state index is 0. The van der Waals surface area contributed by atoms with E-state index in [-0.39, 0.29) is 16.5 Å². The maximum atomic E-state index is 11.8. The zero-order valence-corrected chi connectivity index (χ0v) is 31.5. The Morgan fingerprint density at radius 2 is 0.878 bits per heavy atom. The molecule has 0 unspecified atom stereocenters. The van der Waals surface area contributed by atoms with Crippen LogP contribution in [0.25, 0.3) is 16.9 Å². The summed E-state index contributed by atoms with van der Waals surface area (Å²) in [6.45, 7) is 9.03. The van der Waals surface area contributed by atoms with Gasteiger partial charge in [0.15, 0.2) is 0 Å². The first-order valence-corrected chi connectivity index (χ1v) is 18.6. The minimum Gasteiger partial charge on any atom is -0.493 e. The van der Waals surface area contributed by atoms with E-state index in [1.54, 1.807) is 4.70 Å². The number of aryl methyl sites for hydroxylation is 2. The number of rotatable bonds is 16. The average molecular weight is 698 g/mol. The van der Waals surface area contributed by atoms with Gasteiger partial charge in [-0.15, -0.1) is 0 Å². The summed E-state index contributed by atoms with van der Waals surface area (Å²) in [6, 6.07) is 42.8. The number of nitrogens with zero attached hydrogens (tertiary/aromatic N) is 2. The topological polar surface area (TPSA) is 25.3 Å². The van der Waals surface area contributed by atoms with Crippen LogP contribution in [0.1, 0.15) is 127 Å². The summed E-state index contributed by atoms with van der Waals surface area (Å²) in [5.74, 6) is 0. The molecule has 0 saturated heterocycles. The second kappa shape index (κ2) is 25.4. The second-order valence-electron chi connectivity index (χ2n) is 12.6. The number of allylic oxidation sites excluding steroid dienone is 2. The second-order valence-corrected chi connectivity index (χ2v) is 12.6. The van der Waals surface area contributed by atoms with E-state index >= 15 is 0 Å². The molecule has 1 heterocycles. The van der Waals surface area contributed by atoms with Gasteiger partial charge in [0.05, 0.1) is 0 Å². The molecule has 0 amide bonds. The van der Waals surface area contributed by atoms with Crippen LogP contribution in [0.15, 0.2) is 120 Å². The number of hydrogen-bond donors (Lipinski definition) is 0. The summed E-state index contributed by atoms with van der Waals surface area (Å²) in [5, 5.41) is 0. The first-order chi connectivity index (χ1) is 23.6. The molecular weight excluding hydrogens is 639 g/mol. The van der Waals surface area contributed by atoms with Crippen molar-refractivity contribution in [3.8, 4) is 0 Å². The van der Waals surface area contributed by atoms with Crippen LogP contribution < -0.4 is 0 Å². The van der Waals surface area contributed by atoms with Crippen molar-refractivity contribution in [2.24, 2.45) is 0 Å². The molecule has 0 aromatic heterocycles. The zero-order valence-electron chi connectivity index (χ0n) is 30.5. The quantitative estimate of drug-likeness (QED) is 0.0482. The van der Waals surface area contributed by atoms with Gasteiger partial charge in [-0.25, -0.2) is 4.70 Å². The molecule has 2 nitrogen and oxygen atoms in total. The largest absolute Gasteiger partial charge is 2.00 e. The van der Waals surface area contributed by atoms with Gasteiger partial charge in [0, 0.05) is 22.3 Å². The Morgan fingerprint density at radius 1 is 0.469 bits per heavy atom. The van der Waals surface area contributed by atoms with Crippen molar-refractivity contribution in [1.29, 1.82) is 0 Å². The Morgan fingerprint density at radius 3 is 1.24 bits per heavy atom. The summed E-state index contributed by atoms with van der Waals surface area (Å²) in [5.41, 5.74) is 21.6. The Labute approximate surface area is 309 Å². The van der Waals surface area contributed by atoms with Crippen molar-refractivity contribution in [2.45, 2.75) is 118 Å². The molecule has 4 aromatic rings. The Bertz CT molecular complexity index is 1440. The van der Waals surface area contributed by atoms with Gasteiger partial charge in [-0.1, -0.05) is 90.5 Å². The normalized spacial score (nSPS) is 12.1. The molecule has 0 N–H and O–H groups in total. The third-order valence-electron chi connectivity index (χ3n) is 8.67. The molecule has 1 aliphatic heterocycles. The molecule has 0 radical (unpaired) electrons. The molecular formula is C46H58N2Ni. The van der Waals surface area contributed by atoms with E-state index < -0.39 is 0 Å². The van der Waals surface area contributed by atoms with Gasteiger partial charge >= 0.3 is 16.5 Å². The van der Waals surface area contributed by atoms with Gasteiger partial charge in [-0.2, -0.15) is 72.8 Å². The molecule has 0 spiro atoms. The van der Waals surface area contributed by atoms with E-state index in [9.17, 15) is 5.53 Å². The van der Waals surface area contributed by atoms with Crippen LogP contribution in [0.4, 0.5) is 0 Å². The summed E-state index contributed by atoms with van der Waals surface area (Å²) in [7, 11) is 0. The molecule has 0 fully saturated rings. The van der Waals surface area contributed by atoms with Crippen LogP contribution >= 0.6 is 0 Å². The smallest absolute Gasteiger partial charge is 0.493 e. The van der Waals surface area contributed by atoms with Gasteiger partial charge in [0.1, 0.15) is 0 Å². The molecule has 262 valence electrons. The van der Waals surface area contributed by atoms with E-state index in [0.717, 1.165) is 61.0 Å². The van der Waals surface area contributed by atoms with Crippen molar-refractivity contribution in [3.63, 3.8) is 0 Å². The minimum absolute atomic E-state index is 0. The summed E-state index contributed by atoms with van der Waals surface area (Å²) >= 11 is 0. The van der Waals surface area contributed by atoms with Crippen LogP contribution in [0.3, 0.4) is 0 Å². The van der Waals surface area contributed by atoms with Crippen LogP contribution in [0.2, 0.25) is 0 Å². The molecule has 5 rings (SSSR count). The van der Waals surface area contributed by atoms with E-state index in [4.69, 9.17) is 0 Å². The van der Waals surface area contributed by atoms with Crippen molar-refractivity contribution < 1.29 is 21.2 Å². The zero-order chi connectivity index (χ0) is 34.2.